The average molecular weight is 456 g/mol. The standard InChI is InChI=1S/C26H37N3O2S/c1-18-8-10-22(11-9-18)23(12-13-27-7)29-16-14-28(15-17-29)21(4)26(5,6)31-24-19(2)25(30)32-20(24)3/h8-10,12-13,20-21H,7,11,14-17H2,1-6H3/b13-12-,23-22+. The number of hydrogen-bond donors (Lipinski definition) is 0. The third kappa shape index (κ3) is 5.46. The van der Waals surface area contributed by atoms with Gasteiger partial charge in [0, 0.05) is 49.7 Å². The summed E-state index contributed by atoms with van der Waals surface area (Å²) in [6, 6.07) is 0.222. The largest absolute Gasteiger partial charge is 0.489 e. The Kier molecular flexibility index (Phi) is 7.88. The zero-order valence-electron chi connectivity index (χ0n) is 20.4. The number of carbonyl (C=O) groups excluding carboxylic acids is 1. The summed E-state index contributed by atoms with van der Waals surface area (Å²) >= 11 is 1.36. The van der Waals surface area contributed by atoms with Crippen molar-refractivity contribution in [1.82, 2.24) is 9.80 Å². The van der Waals surface area contributed by atoms with Gasteiger partial charge >= 0.3 is 0 Å². The van der Waals surface area contributed by atoms with E-state index in [0.717, 1.165) is 43.9 Å². The predicted octanol–water partition coefficient (Wildman–Crippen LogP) is 5.10. The highest BCUT2D eigenvalue weighted by molar-refractivity contribution is 8.15. The lowest BCUT2D eigenvalue weighted by Gasteiger charge is -2.45. The maximum Gasteiger partial charge on any atom is 0.219 e. The van der Waals surface area contributed by atoms with Gasteiger partial charge in [0.15, 0.2) is 0 Å². The van der Waals surface area contributed by atoms with E-state index in [1.54, 1.807) is 6.20 Å². The van der Waals surface area contributed by atoms with Crippen molar-refractivity contribution in [2.75, 3.05) is 26.2 Å². The van der Waals surface area contributed by atoms with Gasteiger partial charge < -0.3 is 9.64 Å². The van der Waals surface area contributed by atoms with Crippen LogP contribution >= 0.6 is 11.8 Å². The minimum absolute atomic E-state index is 0.0893. The van der Waals surface area contributed by atoms with Crippen molar-refractivity contribution in [2.45, 2.75) is 64.9 Å². The number of carbonyl (C=O) groups is 1. The normalized spacial score (nSPS) is 25.4. The number of ether oxygens (including phenoxy) is 1. The van der Waals surface area contributed by atoms with E-state index < -0.39 is 0 Å². The Balaban J connectivity index is 1.68. The first-order chi connectivity index (χ1) is 15.1. The van der Waals surface area contributed by atoms with Crippen molar-refractivity contribution in [3.05, 3.63) is 58.7 Å². The molecule has 3 aliphatic rings. The quantitative estimate of drug-likeness (QED) is 0.500. The fraction of sp³-hybridized carbons (Fsp3) is 0.538. The van der Waals surface area contributed by atoms with Crippen LogP contribution in [0.15, 0.2) is 63.7 Å². The van der Waals surface area contributed by atoms with Crippen LogP contribution < -0.4 is 0 Å². The van der Waals surface area contributed by atoms with Crippen molar-refractivity contribution >= 4 is 23.6 Å². The summed E-state index contributed by atoms with van der Waals surface area (Å²) in [5.74, 6) is 0.844. The summed E-state index contributed by atoms with van der Waals surface area (Å²) < 4.78 is 6.47. The molecule has 2 heterocycles. The van der Waals surface area contributed by atoms with Crippen molar-refractivity contribution in [3.63, 3.8) is 0 Å². The highest BCUT2D eigenvalue weighted by Crippen LogP contribution is 2.38. The molecule has 0 bridgehead atoms. The molecule has 5 nitrogen and oxygen atoms in total. The molecule has 0 saturated carbocycles. The van der Waals surface area contributed by atoms with E-state index >= 15 is 0 Å². The Morgan fingerprint density at radius 2 is 1.97 bits per heavy atom. The van der Waals surface area contributed by atoms with Gasteiger partial charge in [-0.2, -0.15) is 0 Å². The monoisotopic (exact) mass is 455 g/mol. The third-order valence-electron chi connectivity index (χ3n) is 6.77. The molecular weight excluding hydrogens is 418 g/mol. The molecule has 2 unspecified atom stereocenters. The number of piperazine rings is 1. The molecule has 1 aliphatic carbocycles. The average Bonchev–Trinajstić information content (AvgIpc) is 3.00. The molecular formula is C26H37N3O2S. The van der Waals surface area contributed by atoms with Crippen molar-refractivity contribution < 1.29 is 9.53 Å². The van der Waals surface area contributed by atoms with E-state index in [1.807, 2.05) is 13.8 Å². The van der Waals surface area contributed by atoms with Gasteiger partial charge in [0.25, 0.3) is 0 Å². The summed E-state index contributed by atoms with van der Waals surface area (Å²) in [5.41, 5.74) is 4.23. The highest BCUT2D eigenvalue weighted by atomic mass is 32.2. The molecule has 32 heavy (non-hydrogen) atoms. The molecule has 0 aromatic carbocycles. The van der Waals surface area contributed by atoms with Crippen molar-refractivity contribution in [2.24, 2.45) is 4.99 Å². The van der Waals surface area contributed by atoms with Gasteiger partial charge in [-0.15, -0.1) is 0 Å². The molecule has 2 aliphatic heterocycles. The molecule has 174 valence electrons. The fourth-order valence-electron chi connectivity index (χ4n) is 4.39. The van der Waals surface area contributed by atoms with E-state index in [1.165, 1.54) is 28.6 Å². The van der Waals surface area contributed by atoms with Crippen LogP contribution in [0.4, 0.5) is 0 Å². The minimum atomic E-state index is -0.388. The van der Waals surface area contributed by atoms with Crippen LogP contribution in [0.2, 0.25) is 0 Å². The first-order valence-electron chi connectivity index (χ1n) is 11.4. The Morgan fingerprint density at radius 3 is 2.50 bits per heavy atom. The van der Waals surface area contributed by atoms with Gasteiger partial charge in [0.2, 0.25) is 5.12 Å². The number of rotatable bonds is 7. The summed E-state index contributed by atoms with van der Waals surface area (Å²) in [5, 5.41) is 0.223. The van der Waals surface area contributed by atoms with Gasteiger partial charge in [0.05, 0.1) is 5.25 Å². The first-order valence-corrected chi connectivity index (χ1v) is 12.3. The molecule has 1 fully saturated rings. The van der Waals surface area contributed by atoms with E-state index in [0.29, 0.717) is 0 Å². The van der Waals surface area contributed by atoms with Crippen LogP contribution in [-0.4, -0.2) is 64.7 Å². The van der Waals surface area contributed by atoms with Crippen LogP contribution in [0.25, 0.3) is 0 Å². The lowest BCUT2D eigenvalue weighted by molar-refractivity contribution is -0.108. The van der Waals surface area contributed by atoms with E-state index in [9.17, 15) is 4.79 Å². The maximum absolute atomic E-state index is 12.1. The summed E-state index contributed by atoms with van der Waals surface area (Å²) in [6.07, 6.45) is 11.5. The van der Waals surface area contributed by atoms with Crippen LogP contribution in [0.1, 0.15) is 48.0 Å². The summed E-state index contributed by atoms with van der Waals surface area (Å²) in [6.45, 7) is 20.0. The second kappa shape index (κ2) is 10.3. The Hall–Kier alpha value is -2.05. The first kappa shape index (κ1) is 24.6. The van der Waals surface area contributed by atoms with Gasteiger partial charge in [-0.1, -0.05) is 35.6 Å². The predicted molar refractivity (Wildman–Crippen MR) is 136 cm³/mol. The van der Waals surface area contributed by atoms with E-state index in [-0.39, 0.29) is 22.0 Å². The molecule has 0 radical (unpaired) electrons. The minimum Gasteiger partial charge on any atom is -0.489 e. The molecule has 0 amide bonds. The van der Waals surface area contributed by atoms with Crippen LogP contribution in [0, 0.1) is 0 Å². The number of allylic oxidation sites excluding steroid dienone is 6. The van der Waals surface area contributed by atoms with Crippen molar-refractivity contribution in [3.8, 4) is 0 Å². The van der Waals surface area contributed by atoms with Crippen LogP contribution in [-0.2, 0) is 9.53 Å². The molecule has 0 aromatic rings. The van der Waals surface area contributed by atoms with Crippen LogP contribution in [0.3, 0.4) is 0 Å². The molecule has 3 rings (SSSR count). The summed E-state index contributed by atoms with van der Waals surface area (Å²) in [4.78, 5) is 20.9. The van der Waals surface area contributed by atoms with Crippen molar-refractivity contribution in [1.29, 1.82) is 0 Å². The van der Waals surface area contributed by atoms with Crippen LogP contribution in [0.5, 0.6) is 0 Å². The zero-order valence-corrected chi connectivity index (χ0v) is 21.2. The Labute approximate surface area is 197 Å². The second-order valence-corrected chi connectivity index (χ2v) is 10.6. The molecule has 0 aromatic heterocycles. The number of hydrogen-bond acceptors (Lipinski definition) is 6. The Morgan fingerprint density at radius 1 is 1.28 bits per heavy atom. The van der Waals surface area contributed by atoms with E-state index in [4.69, 9.17) is 4.74 Å². The second-order valence-electron chi connectivity index (χ2n) is 9.34. The molecule has 2 atom stereocenters. The zero-order chi connectivity index (χ0) is 23.5. The lowest BCUT2D eigenvalue weighted by Crippen LogP contribution is -2.56. The summed E-state index contributed by atoms with van der Waals surface area (Å²) in [7, 11) is 0. The molecule has 6 heteroatoms. The molecule has 1 saturated heterocycles. The number of thioether (sulfide) groups is 1. The fourth-order valence-corrected chi connectivity index (χ4v) is 5.32. The van der Waals surface area contributed by atoms with Gasteiger partial charge in [-0.3, -0.25) is 14.7 Å². The topological polar surface area (TPSA) is 45.1 Å². The van der Waals surface area contributed by atoms with Gasteiger partial charge in [-0.05, 0) is 66.3 Å². The Bertz CT molecular complexity index is 902. The maximum atomic E-state index is 12.1. The highest BCUT2D eigenvalue weighted by Gasteiger charge is 2.39. The molecule has 0 N–H and O–H groups in total. The number of nitrogens with zero attached hydrogens (tertiary/aromatic N) is 3. The SMILES string of the molecule is C=N/C=C\C(=C1\C=CC(C)=CC1)N1CCN(C(C)C(C)(C)OC2=C(C)C(=O)SC2C)CC1. The third-order valence-corrected chi connectivity index (χ3v) is 7.86. The van der Waals surface area contributed by atoms with Gasteiger partial charge in [0.1, 0.15) is 11.4 Å². The van der Waals surface area contributed by atoms with E-state index in [2.05, 4.69) is 73.5 Å². The molecule has 0 spiro atoms. The lowest BCUT2D eigenvalue weighted by atomic mass is 9.96. The number of aliphatic imine (C=N–C) groups is 1. The smallest absolute Gasteiger partial charge is 0.219 e. The van der Waals surface area contributed by atoms with Gasteiger partial charge in [-0.25, -0.2) is 0 Å².